The summed E-state index contributed by atoms with van der Waals surface area (Å²) in [5.74, 6) is 0.228. The number of halogens is 1. The second-order valence-electron chi connectivity index (χ2n) is 3.34. The number of hydrogen-bond acceptors (Lipinski definition) is 2. The standard InChI is InChI=1S/C11H14ClNO/c12-11-3-1-2-9(7-11)6-10(8-13)4-5-14/h1-3,5,7,10H,4,6,8,13H2/t10-/m0/s1. The molecule has 0 bridgehead atoms. The first-order chi connectivity index (χ1) is 6.76. The van der Waals surface area contributed by atoms with Gasteiger partial charge in [-0.3, -0.25) is 0 Å². The molecule has 0 spiro atoms. The molecule has 0 fully saturated rings. The Balaban J connectivity index is 2.61. The Hall–Kier alpha value is -0.860. The molecule has 2 N–H and O–H groups in total. The third kappa shape index (κ3) is 3.48. The average Bonchev–Trinajstić information content (AvgIpc) is 2.17. The van der Waals surface area contributed by atoms with Gasteiger partial charge in [0.05, 0.1) is 0 Å². The highest BCUT2D eigenvalue weighted by Crippen LogP contribution is 2.15. The molecular weight excluding hydrogens is 198 g/mol. The van der Waals surface area contributed by atoms with Crippen LogP contribution in [0.2, 0.25) is 5.02 Å². The van der Waals surface area contributed by atoms with Gasteiger partial charge in [0.25, 0.3) is 0 Å². The zero-order chi connectivity index (χ0) is 10.4. The van der Waals surface area contributed by atoms with E-state index in [1.165, 1.54) is 0 Å². The molecule has 0 aromatic heterocycles. The zero-order valence-electron chi connectivity index (χ0n) is 7.95. The molecule has 76 valence electrons. The molecule has 0 radical (unpaired) electrons. The molecule has 0 aliphatic carbocycles. The minimum Gasteiger partial charge on any atom is -0.330 e. The Morgan fingerprint density at radius 1 is 1.50 bits per heavy atom. The first-order valence-corrected chi connectivity index (χ1v) is 5.02. The first-order valence-electron chi connectivity index (χ1n) is 4.64. The monoisotopic (exact) mass is 211 g/mol. The molecule has 1 rings (SSSR count). The maximum absolute atomic E-state index is 10.3. The van der Waals surface area contributed by atoms with Crippen LogP contribution in [0.3, 0.4) is 0 Å². The molecule has 1 aromatic carbocycles. The van der Waals surface area contributed by atoms with Crippen LogP contribution < -0.4 is 5.73 Å². The predicted molar refractivity (Wildman–Crippen MR) is 58.4 cm³/mol. The molecule has 3 heteroatoms. The van der Waals surface area contributed by atoms with Crippen LogP contribution in [0, 0.1) is 5.92 Å². The lowest BCUT2D eigenvalue weighted by molar-refractivity contribution is -0.108. The first kappa shape index (κ1) is 11.2. The van der Waals surface area contributed by atoms with E-state index in [0.29, 0.717) is 13.0 Å². The van der Waals surface area contributed by atoms with Crippen molar-refractivity contribution in [3.8, 4) is 0 Å². The zero-order valence-corrected chi connectivity index (χ0v) is 8.70. The number of carbonyl (C=O) groups excluding carboxylic acids is 1. The van der Waals surface area contributed by atoms with Crippen LogP contribution in [-0.4, -0.2) is 12.8 Å². The second-order valence-corrected chi connectivity index (χ2v) is 3.77. The van der Waals surface area contributed by atoms with Crippen molar-refractivity contribution in [1.82, 2.24) is 0 Å². The Labute approximate surface area is 89.1 Å². The van der Waals surface area contributed by atoms with Gasteiger partial charge in [0.2, 0.25) is 0 Å². The van der Waals surface area contributed by atoms with E-state index < -0.39 is 0 Å². The summed E-state index contributed by atoms with van der Waals surface area (Å²) in [6, 6.07) is 7.66. The highest BCUT2D eigenvalue weighted by Gasteiger charge is 2.07. The van der Waals surface area contributed by atoms with Crippen molar-refractivity contribution < 1.29 is 4.79 Å². The fourth-order valence-corrected chi connectivity index (χ4v) is 1.61. The van der Waals surface area contributed by atoms with E-state index >= 15 is 0 Å². The third-order valence-corrected chi connectivity index (χ3v) is 2.41. The molecule has 0 amide bonds. The largest absolute Gasteiger partial charge is 0.330 e. The Morgan fingerprint density at radius 2 is 2.29 bits per heavy atom. The van der Waals surface area contributed by atoms with Gasteiger partial charge in [0.1, 0.15) is 6.29 Å². The van der Waals surface area contributed by atoms with Gasteiger partial charge in [-0.05, 0) is 36.6 Å². The van der Waals surface area contributed by atoms with Gasteiger partial charge in [-0.15, -0.1) is 0 Å². The van der Waals surface area contributed by atoms with Crippen molar-refractivity contribution >= 4 is 17.9 Å². The van der Waals surface area contributed by atoms with Crippen molar-refractivity contribution in [3.63, 3.8) is 0 Å². The van der Waals surface area contributed by atoms with Gasteiger partial charge < -0.3 is 10.5 Å². The summed E-state index contributed by atoms with van der Waals surface area (Å²) >= 11 is 5.85. The van der Waals surface area contributed by atoms with Gasteiger partial charge in [-0.2, -0.15) is 0 Å². The molecule has 0 saturated heterocycles. The van der Waals surface area contributed by atoms with Crippen LogP contribution in [0.1, 0.15) is 12.0 Å². The van der Waals surface area contributed by atoms with Gasteiger partial charge in [-0.1, -0.05) is 23.7 Å². The van der Waals surface area contributed by atoms with Crippen molar-refractivity contribution in [1.29, 1.82) is 0 Å². The third-order valence-electron chi connectivity index (χ3n) is 2.18. The minimum atomic E-state index is 0.228. The van der Waals surface area contributed by atoms with Crippen LogP contribution in [0.5, 0.6) is 0 Å². The predicted octanol–water partition coefficient (Wildman–Crippen LogP) is 2.05. The van der Waals surface area contributed by atoms with Gasteiger partial charge in [-0.25, -0.2) is 0 Å². The molecule has 14 heavy (non-hydrogen) atoms. The molecule has 0 aliphatic heterocycles. The topological polar surface area (TPSA) is 43.1 Å². The fraction of sp³-hybridized carbons (Fsp3) is 0.364. The van der Waals surface area contributed by atoms with E-state index in [0.717, 1.165) is 23.3 Å². The molecule has 1 atom stereocenters. The number of hydrogen-bond donors (Lipinski definition) is 1. The molecule has 0 aliphatic rings. The molecule has 0 unspecified atom stereocenters. The van der Waals surface area contributed by atoms with Crippen molar-refractivity contribution in [2.45, 2.75) is 12.8 Å². The van der Waals surface area contributed by atoms with Crippen molar-refractivity contribution in [3.05, 3.63) is 34.9 Å². The van der Waals surface area contributed by atoms with Gasteiger partial charge in [0, 0.05) is 11.4 Å². The number of rotatable bonds is 5. The number of nitrogens with two attached hydrogens (primary N) is 1. The summed E-state index contributed by atoms with van der Waals surface area (Å²) in [5.41, 5.74) is 6.69. The maximum atomic E-state index is 10.3. The SMILES string of the molecule is NC[C@@H](CC=O)Cc1cccc(Cl)c1. The molecule has 0 heterocycles. The van der Waals surface area contributed by atoms with Crippen molar-refractivity contribution in [2.24, 2.45) is 11.7 Å². The van der Waals surface area contributed by atoms with Gasteiger partial charge >= 0.3 is 0 Å². The van der Waals surface area contributed by atoms with Crippen LogP contribution in [0.15, 0.2) is 24.3 Å². The lowest BCUT2D eigenvalue weighted by Gasteiger charge is -2.11. The Kier molecular flexibility index (Phi) is 4.63. The van der Waals surface area contributed by atoms with Crippen molar-refractivity contribution in [2.75, 3.05) is 6.54 Å². The van der Waals surface area contributed by atoms with E-state index in [-0.39, 0.29) is 5.92 Å². The Morgan fingerprint density at radius 3 is 2.86 bits per heavy atom. The fourth-order valence-electron chi connectivity index (χ4n) is 1.40. The normalized spacial score (nSPS) is 12.4. The highest BCUT2D eigenvalue weighted by molar-refractivity contribution is 6.30. The van der Waals surface area contributed by atoms with E-state index in [1.54, 1.807) is 0 Å². The molecular formula is C11H14ClNO. The number of benzene rings is 1. The van der Waals surface area contributed by atoms with Gasteiger partial charge in [0.15, 0.2) is 0 Å². The summed E-state index contributed by atoms with van der Waals surface area (Å²) in [6.45, 7) is 0.533. The smallest absolute Gasteiger partial charge is 0.120 e. The van der Waals surface area contributed by atoms with E-state index in [1.807, 2.05) is 24.3 Å². The average molecular weight is 212 g/mol. The lowest BCUT2D eigenvalue weighted by Crippen LogP contribution is -2.17. The minimum absolute atomic E-state index is 0.228. The highest BCUT2D eigenvalue weighted by atomic mass is 35.5. The maximum Gasteiger partial charge on any atom is 0.120 e. The van der Waals surface area contributed by atoms with Crippen LogP contribution in [0.4, 0.5) is 0 Å². The molecule has 1 aromatic rings. The number of aldehydes is 1. The van der Waals surface area contributed by atoms with Crippen LogP contribution in [-0.2, 0) is 11.2 Å². The summed E-state index contributed by atoms with van der Waals surface area (Å²) in [6.07, 6.45) is 2.25. The van der Waals surface area contributed by atoms with Crippen LogP contribution >= 0.6 is 11.6 Å². The molecule has 2 nitrogen and oxygen atoms in total. The second kappa shape index (κ2) is 5.78. The van der Waals surface area contributed by atoms with E-state index in [9.17, 15) is 4.79 Å². The summed E-state index contributed by atoms with van der Waals surface area (Å²) in [4.78, 5) is 10.3. The Bertz CT molecular complexity index is 301. The lowest BCUT2D eigenvalue weighted by atomic mass is 9.97. The summed E-state index contributed by atoms with van der Waals surface area (Å²) < 4.78 is 0. The summed E-state index contributed by atoms with van der Waals surface area (Å²) in [7, 11) is 0. The molecule has 0 saturated carbocycles. The number of carbonyl (C=O) groups is 1. The van der Waals surface area contributed by atoms with E-state index in [2.05, 4.69) is 0 Å². The van der Waals surface area contributed by atoms with E-state index in [4.69, 9.17) is 17.3 Å². The summed E-state index contributed by atoms with van der Waals surface area (Å²) in [5, 5.41) is 0.726. The van der Waals surface area contributed by atoms with Crippen LogP contribution in [0.25, 0.3) is 0 Å². The quantitative estimate of drug-likeness (QED) is 0.758.